The summed E-state index contributed by atoms with van der Waals surface area (Å²) < 4.78 is 18.9. The van der Waals surface area contributed by atoms with Crippen LogP contribution in [0.1, 0.15) is 128 Å². The molecule has 0 saturated heterocycles. The minimum atomic E-state index is -0.121. The lowest BCUT2D eigenvalue weighted by Crippen LogP contribution is -2.31. The number of aldehydes is 1. The van der Waals surface area contributed by atoms with Gasteiger partial charge in [-0.1, -0.05) is 72.9 Å². The average molecular weight is 627 g/mol. The molecule has 1 aliphatic rings. The van der Waals surface area contributed by atoms with Crippen LogP contribution in [-0.4, -0.2) is 50.4 Å². The Morgan fingerprint density at radius 3 is 2.18 bits per heavy atom. The standard InChI is InChI=1S/C21H33NO2.C15H24FN.C3H6O/c1-4-6-11-22(16-23)12-9-17(3)14-18(5-2)19-7-8-21-20(15-19)10-13-24-21;1-5-7-13(8-6-2)17(4)14-9-10-15(16)12(3)11-14;1-2-3-4/h7-8,15-18H,4-6,9-14H2,1-3H3;9-11,13H,5-8H2,1-4H3;3H,2H2,1H3. The van der Waals surface area contributed by atoms with Crippen molar-refractivity contribution >= 4 is 18.4 Å². The number of hydrogen-bond donors (Lipinski definition) is 0. The van der Waals surface area contributed by atoms with Gasteiger partial charge in [0.2, 0.25) is 6.41 Å². The molecule has 3 rings (SSSR count). The summed E-state index contributed by atoms with van der Waals surface area (Å²) in [5.74, 6) is 2.18. The quantitative estimate of drug-likeness (QED) is 0.155. The number of amides is 1. The fourth-order valence-electron chi connectivity index (χ4n) is 5.82. The number of aryl methyl sites for hydroxylation is 1. The van der Waals surface area contributed by atoms with Crippen LogP contribution < -0.4 is 9.64 Å². The Hall–Kier alpha value is -2.89. The predicted molar refractivity (Wildman–Crippen MR) is 189 cm³/mol. The van der Waals surface area contributed by atoms with E-state index in [4.69, 9.17) is 4.74 Å². The SMILES string of the molecule is CCC=O.CCCC(CCC)N(C)c1ccc(F)c(C)c1.CCCCN(C=O)CCC(C)CC(CC)c1ccc2c(c1)CCO2. The molecule has 5 nitrogen and oxygen atoms in total. The molecule has 0 N–H and O–H groups in total. The molecule has 1 aliphatic heterocycles. The summed E-state index contributed by atoms with van der Waals surface area (Å²) in [4.78, 5) is 24.5. The fourth-order valence-corrected chi connectivity index (χ4v) is 5.82. The fraction of sp³-hybridized carbons (Fsp3) is 0.641. The molecule has 45 heavy (non-hydrogen) atoms. The van der Waals surface area contributed by atoms with Gasteiger partial charge in [0, 0.05) is 44.7 Å². The van der Waals surface area contributed by atoms with E-state index in [9.17, 15) is 14.0 Å². The Labute approximate surface area is 274 Å². The van der Waals surface area contributed by atoms with Gasteiger partial charge in [0.1, 0.15) is 17.9 Å². The summed E-state index contributed by atoms with van der Waals surface area (Å²) in [6.45, 7) is 17.4. The molecule has 2 aromatic carbocycles. The molecule has 1 amide bonds. The van der Waals surface area contributed by atoms with E-state index in [1.807, 2.05) is 30.9 Å². The number of halogens is 1. The summed E-state index contributed by atoms with van der Waals surface area (Å²) in [6.07, 6.45) is 14.0. The Morgan fingerprint density at radius 1 is 0.933 bits per heavy atom. The molecule has 0 radical (unpaired) electrons. The van der Waals surface area contributed by atoms with Crippen LogP contribution >= 0.6 is 0 Å². The maximum Gasteiger partial charge on any atom is 0.209 e. The van der Waals surface area contributed by atoms with Crippen molar-refractivity contribution in [3.8, 4) is 5.75 Å². The maximum atomic E-state index is 13.2. The highest BCUT2D eigenvalue weighted by molar-refractivity contribution is 5.49. The minimum absolute atomic E-state index is 0.121. The van der Waals surface area contributed by atoms with Crippen molar-refractivity contribution in [1.82, 2.24) is 4.90 Å². The number of nitrogens with zero attached hydrogens (tertiary/aromatic N) is 2. The summed E-state index contributed by atoms with van der Waals surface area (Å²) in [5, 5.41) is 0. The van der Waals surface area contributed by atoms with Gasteiger partial charge in [0.25, 0.3) is 0 Å². The molecule has 6 heteroatoms. The van der Waals surface area contributed by atoms with Gasteiger partial charge in [-0.15, -0.1) is 0 Å². The zero-order valence-electron chi connectivity index (χ0n) is 29.7. The number of carbonyl (C=O) groups is 2. The Bertz CT molecular complexity index is 1090. The van der Waals surface area contributed by atoms with Crippen LogP contribution in [0.3, 0.4) is 0 Å². The lowest BCUT2D eigenvalue weighted by molar-refractivity contribution is -0.118. The van der Waals surface area contributed by atoms with E-state index in [1.54, 1.807) is 6.07 Å². The molecular formula is C39H63FN2O3. The first kappa shape index (κ1) is 40.1. The van der Waals surface area contributed by atoms with Crippen LogP contribution in [0.5, 0.6) is 5.75 Å². The lowest BCUT2D eigenvalue weighted by Gasteiger charge is -2.30. The van der Waals surface area contributed by atoms with E-state index < -0.39 is 0 Å². The predicted octanol–water partition coefficient (Wildman–Crippen LogP) is 9.92. The number of benzene rings is 2. The highest BCUT2D eigenvalue weighted by Gasteiger charge is 2.19. The summed E-state index contributed by atoms with van der Waals surface area (Å²) in [7, 11) is 2.11. The average Bonchev–Trinajstić information content (AvgIpc) is 3.53. The smallest absolute Gasteiger partial charge is 0.209 e. The number of hydrogen-bond acceptors (Lipinski definition) is 4. The number of anilines is 1. The summed E-state index contributed by atoms with van der Waals surface area (Å²) in [6, 6.07) is 12.7. The minimum Gasteiger partial charge on any atom is -0.493 e. The van der Waals surface area contributed by atoms with Gasteiger partial charge in [-0.05, 0) is 98.2 Å². The van der Waals surface area contributed by atoms with Crippen LogP contribution in [0.15, 0.2) is 36.4 Å². The van der Waals surface area contributed by atoms with E-state index in [0.717, 1.165) is 81.5 Å². The molecule has 0 bridgehead atoms. The van der Waals surface area contributed by atoms with Gasteiger partial charge in [-0.3, -0.25) is 4.79 Å². The first-order chi connectivity index (χ1) is 21.7. The number of unbranched alkanes of at least 4 members (excludes halogenated alkanes) is 1. The summed E-state index contributed by atoms with van der Waals surface area (Å²) in [5.41, 5.74) is 4.66. The van der Waals surface area contributed by atoms with Gasteiger partial charge in [-0.2, -0.15) is 0 Å². The second-order valence-corrected chi connectivity index (χ2v) is 12.5. The zero-order chi connectivity index (χ0) is 33.6. The molecule has 0 fully saturated rings. The van der Waals surface area contributed by atoms with Gasteiger partial charge in [-0.25, -0.2) is 4.39 Å². The second-order valence-electron chi connectivity index (χ2n) is 12.5. The largest absolute Gasteiger partial charge is 0.493 e. The second kappa shape index (κ2) is 23.4. The molecule has 0 spiro atoms. The normalized spacial score (nSPS) is 12.9. The van der Waals surface area contributed by atoms with Crippen molar-refractivity contribution in [3.05, 3.63) is 58.9 Å². The monoisotopic (exact) mass is 626 g/mol. The van der Waals surface area contributed by atoms with Crippen LogP contribution in [0, 0.1) is 18.7 Å². The number of ether oxygens (including phenoxy) is 1. The van der Waals surface area contributed by atoms with Gasteiger partial charge in [0.15, 0.2) is 0 Å². The van der Waals surface area contributed by atoms with Crippen molar-refractivity contribution in [2.45, 2.75) is 131 Å². The van der Waals surface area contributed by atoms with Crippen LogP contribution in [0.4, 0.5) is 10.1 Å². The molecule has 2 atom stereocenters. The molecule has 0 aromatic heterocycles. The van der Waals surface area contributed by atoms with E-state index in [0.29, 0.717) is 24.3 Å². The van der Waals surface area contributed by atoms with Gasteiger partial charge >= 0.3 is 0 Å². The third-order valence-electron chi connectivity index (χ3n) is 8.73. The number of fused-ring (bicyclic) bond motifs is 1. The van der Waals surface area contributed by atoms with Crippen molar-refractivity contribution in [3.63, 3.8) is 0 Å². The van der Waals surface area contributed by atoms with Crippen molar-refractivity contribution < 1.29 is 18.7 Å². The van der Waals surface area contributed by atoms with Crippen LogP contribution in [0.2, 0.25) is 0 Å². The first-order valence-corrected chi connectivity index (χ1v) is 17.6. The molecule has 0 saturated carbocycles. The third-order valence-corrected chi connectivity index (χ3v) is 8.73. The third kappa shape index (κ3) is 14.8. The zero-order valence-corrected chi connectivity index (χ0v) is 29.7. The molecule has 0 aliphatic carbocycles. The highest BCUT2D eigenvalue weighted by Crippen LogP contribution is 2.33. The van der Waals surface area contributed by atoms with E-state index in [-0.39, 0.29) is 5.82 Å². The number of carbonyl (C=O) groups excluding carboxylic acids is 2. The topological polar surface area (TPSA) is 49.9 Å². The highest BCUT2D eigenvalue weighted by atomic mass is 19.1. The lowest BCUT2D eigenvalue weighted by atomic mass is 9.85. The van der Waals surface area contributed by atoms with Crippen molar-refractivity contribution in [1.29, 1.82) is 0 Å². The Balaban J connectivity index is 0.000000421. The van der Waals surface area contributed by atoms with Gasteiger partial charge in [0.05, 0.1) is 6.61 Å². The molecule has 254 valence electrons. The van der Waals surface area contributed by atoms with E-state index in [2.05, 4.69) is 64.8 Å². The van der Waals surface area contributed by atoms with E-state index in [1.165, 1.54) is 43.2 Å². The number of rotatable bonds is 18. The molecule has 2 unspecified atom stereocenters. The first-order valence-electron chi connectivity index (χ1n) is 17.6. The molecular weight excluding hydrogens is 563 g/mol. The van der Waals surface area contributed by atoms with Crippen LogP contribution in [-0.2, 0) is 16.0 Å². The Morgan fingerprint density at radius 2 is 1.62 bits per heavy atom. The summed E-state index contributed by atoms with van der Waals surface area (Å²) >= 11 is 0. The van der Waals surface area contributed by atoms with Crippen molar-refractivity contribution in [2.24, 2.45) is 5.92 Å². The van der Waals surface area contributed by atoms with Gasteiger partial charge < -0.3 is 19.3 Å². The molecule has 2 aromatic rings. The van der Waals surface area contributed by atoms with Crippen molar-refractivity contribution in [2.75, 3.05) is 31.6 Å². The van der Waals surface area contributed by atoms with E-state index >= 15 is 0 Å². The van der Waals surface area contributed by atoms with Crippen LogP contribution in [0.25, 0.3) is 0 Å². The maximum absolute atomic E-state index is 13.2. The Kier molecular flexibility index (Phi) is 20.9. The molecule has 1 heterocycles.